The van der Waals surface area contributed by atoms with Crippen LogP contribution in [0.4, 0.5) is 0 Å². The fourth-order valence-electron chi connectivity index (χ4n) is 3.82. The quantitative estimate of drug-likeness (QED) is 0.312. The average molecular weight is 466 g/mol. The molecule has 0 aromatic carbocycles. The van der Waals surface area contributed by atoms with Gasteiger partial charge in [-0.05, 0) is 76.9 Å². The summed E-state index contributed by atoms with van der Waals surface area (Å²) in [6.45, 7) is 8.38. The summed E-state index contributed by atoms with van der Waals surface area (Å²) in [6.07, 6.45) is 9.02. The summed E-state index contributed by atoms with van der Waals surface area (Å²) in [5.41, 5.74) is 0.395. The number of hydrogen-bond acceptors (Lipinski definition) is 3. The fourth-order valence-corrected chi connectivity index (χ4v) is 3.82. The van der Waals surface area contributed by atoms with Gasteiger partial charge >= 0.3 is 0 Å². The van der Waals surface area contributed by atoms with Gasteiger partial charge in [-0.1, -0.05) is 6.42 Å². The number of nitrogens with zero attached hydrogens (tertiary/aromatic N) is 2. The van der Waals surface area contributed by atoms with Crippen LogP contribution in [0.15, 0.2) is 4.99 Å². The van der Waals surface area contributed by atoms with Crippen molar-refractivity contribution in [1.82, 2.24) is 15.5 Å². The summed E-state index contributed by atoms with van der Waals surface area (Å²) >= 11 is 0. The Labute approximate surface area is 171 Å². The molecule has 1 aliphatic heterocycles. The second kappa shape index (κ2) is 12.3. The maximum atomic E-state index is 5.28. The van der Waals surface area contributed by atoms with Crippen molar-refractivity contribution in [1.29, 1.82) is 0 Å². The highest BCUT2D eigenvalue weighted by Gasteiger charge is 2.36. The largest absolute Gasteiger partial charge is 0.385 e. The van der Waals surface area contributed by atoms with Gasteiger partial charge in [0.2, 0.25) is 0 Å². The van der Waals surface area contributed by atoms with Crippen LogP contribution in [0.2, 0.25) is 0 Å². The Balaban J connectivity index is 0.00000312. The van der Waals surface area contributed by atoms with Crippen LogP contribution in [0.5, 0.6) is 0 Å². The number of halogens is 1. The van der Waals surface area contributed by atoms with Crippen LogP contribution in [0.1, 0.15) is 51.9 Å². The minimum absolute atomic E-state index is 0. The molecule has 2 fully saturated rings. The average Bonchev–Trinajstić information content (AvgIpc) is 2.55. The lowest BCUT2D eigenvalue weighted by Gasteiger charge is -2.40. The Kier molecular flexibility index (Phi) is 11.3. The zero-order chi connectivity index (χ0) is 17.3. The van der Waals surface area contributed by atoms with Crippen LogP contribution < -0.4 is 10.6 Å². The van der Waals surface area contributed by atoms with E-state index in [1.165, 1.54) is 51.6 Å². The summed E-state index contributed by atoms with van der Waals surface area (Å²) in [5.74, 6) is 1.87. The van der Waals surface area contributed by atoms with E-state index in [1.54, 1.807) is 7.11 Å². The smallest absolute Gasteiger partial charge is 0.191 e. The van der Waals surface area contributed by atoms with E-state index in [0.717, 1.165) is 44.5 Å². The van der Waals surface area contributed by atoms with Crippen molar-refractivity contribution in [2.45, 2.75) is 51.9 Å². The monoisotopic (exact) mass is 466 g/mol. The molecule has 2 rings (SSSR count). The molecule has 1 saturated carbocycles. The standard InChI is InChI=1S/C19H38N4O.HI/c1-4-20-18(21-12-6-17-7-13-23(2)14-8-17)22-16-19(9-5-10-19)11-15-24-3;/h17H,4-16H2,1-3H3,(H2,20,21,22);1H. The Morgan fingerprint density at radius 2 is 1.96 bits per heavy atom. The molecule has 0 unspecified atom stereocenters. The minimum atomic E-state index is 0. The van der Waals surface area contributed by atoms with E-state index in [-0.39, 0.29) is 24.0 Å². The topological polar surface area (TPSA) is 48.9 Å². The van der Waals surface area contributed by atoms with Gasteiger partial charge in [0.25, 0.3) is 0 Å². The zero-order valence-corrected chi connectivity index (χ0v) is 18.8. The first-order chi connectivity index (χ1) is 11.7. The first-order valence-electron chi connectivity index (χ1n) is 9.87. The molecule has 0 aromatic heterocycles. The number of hydrogen-bond donors (Lipinski definition) is 2. The Bertz CT molecular complexity index is 380. The number of methoxy groups -OCH3 is 1. The van der Waals surface area contributed by atoms with Crippen molar-refractivity contribution < 1.29 is 4.74 Å². The first kappa shape index (κ1) is 23.0. The molecule has 5 nitrogen and oxygen atoms in total. The molecular weight excluding hydrogens is 427 g/mol. The minimum Gasteiger partial charge on any atom is -0.385 e. The lowest BCUT2D eigenvalue weighted by atomic mass is 9.67. The van der Waals surface area contributed by atoms with E-state index >= 15 is 0 Å². The number of aliphatic imine (C=N–C) groups is 1. The molecule has 2 aliphatic rings. The third-order valence-electron chi connectivity index (χ3n) is 5.85. The van der Waals surface area contributed by atoms with Crippen molar-refractivity contribution in [2.75, 3.05) is 53.5 Å². The number of guanidine groups is 1. The van der Waals surface area contributed by atoms with Crippen LogP contribution in [0, 0.1) is 11.3 Å². The van der Waals surface area contributed by atoms with Gasteiger partial charge in [0.1, 0.15) is 0 Å². The molecule has 0 atom stereocenters. The van der Waals surface area contributed by atoms with Crippen molar-refractivity contribution >= 4 is 29.9 Å². The van der Waals surface area contributed by atoms with E-state index in [4.69, 9.17) is 9.73 Å². The van der Waals surface area contributed by atoms with Crippen LogP contribution in [0.25, 0.3) is 0 Å². The number of piperidine rings is 1. The second-order valence-electron chi connectivity index (χ2n) is 7.75. The van der Waals surface area contributed by atoms with Gasteiger partial charge in [0.05, 0.1) is 0 Å². The van der Waals surface area contributed by atoms with E-state index in [1.807, 2.05) is 0 Å². The maximum absolute atomic E-state index is 5.28. The molecule has 25 heavy (non-hydrogen) atoms. The molecule has 148 valence electrons. The highest BCUT2D eigenvalue weighted by atomic mass is 127. The molecule has 1 aliphatic carbocycles. The van der Waals surface area contributed by atoms with Crippen molar-refractivity contribution in [2.24, 2.45) is 16.3 Å². The van der Waals surface area contributed by atoms with Gasteiger partial charge in [0, 0.05) is 33.4 Å². The molecule has 0 aromatic rings. The third-order valence-corrected chi connectivity index (χ3v) is 5.85. The molecule has 2 N–H and O–H groups in total. The van der Waals surface area contributed by atoms with Gasteiger partial charge < -0.3 is 20.3 Å². The molecule has 6 heteroatoms. The predicted octanol–water partition coefficient (Wildman–Crippen LogP) is 3.10. The maximum Gasteiger partial charge on any atom is 0.191 e. The third kappa shape index (κ3) is 7.99. The Hall–Kier alpha value is -0.0800. The van der Waals surface area contributed by atoms with Gasteiger partial charge in [-0.15, -0.1) is 24.0 Å². The molecule has 0 amide bonds. The number of nitrogens with one attached hydrogen (secondary N) is 2. The number of rotatable bonds is 9. The normalized spacial score (nSPS) is 21.3. The molecular formula is C19H39IN4O. The highest BCUT2D eigenvalue weighted by molar-refractivity contribution is 14.0. The molecule has 1 heterocycles. The van der Waals surface area contributed by atoms with E-state index in [2.05, 4.69) is 29.5 Å². The lowest BCUT2D eigenvalue weighted by Crippen LogP contribution is -2.41. The summed E-state index contributed by atoms with van der Waals surface area (Å²) in [7, 11) is 4.02. The SMILES string of the molecule is CCNC(=NCC1(CCOC)CCC1)NCCC1CCN(C)CC1.I. The summed E-state index contributed by atoms with van der Waals surface area (Å²) in [6, 6.07) is 0. The molecule has 0 radical (unpaired) electrons. The van der Waals surface area contributed by atoms with Crippen LogP contribution in [0.3, 0.4) is 0 Å². The predicted molar refractivity (Wildman–Crippen MR) is 117 cm³/mol. The van der Waals surface area contributed by atoms with Gasteiger partial charge in [-0.2, -0.15) is 0 Å². The van der Waals surface area contributed by atoms with Crippen molar-refractivity contribution in [3.8, 4) is 0 Å². The molecule has 0 spiro atoms. The Morgan fingerprint density at radius 1 is 1.24 bits per heavy atom. The number of likely N-dealkylation sites (tertiary alicyclic amines) is 1. The van der Waals surface area contributed by atoms with Gasteiger partial charge in [0.15, 0.2) is 5.96 Å². The van der Waals surface area contributed by atoms with E-state index in [0.29, 0.717) is 5.41 Å². The molecule has 0 bridgehead atoms. The zero-order valence-electron chi connectivity index (χ0n) is 16.5. The lowest BCUT2D eigenvalue weighted by molar-refractivity contribution is 0.0778. The van der Waals surface area contributed by atoms with Crippen LogP contribution >= 0.6 is 24.0 Å². The highest BCUT2D eigenvalue weighted by Crippen LogP contribution is 2.44. The summed E-state index contributed by atoms with van der Waals surface area (Å²) < 4.78 is 5.28. The van der Waals surface area contributed by atoms with Crippen LogP contribution in [-0.2, 0) is 4.74 Å². The Morgan fingerprint density at radius 3 is 2.52 bits per heavy atom. The van der Waals surface area contributed by atoms with Crippen molar-refractivity contribution in [3.05, 3.63) is 0 Å². The van der Waals surface area contributed by atoms with Gasteiger partial charge in [-0.3, -0.25) is 4.99 Å². The fraction of sp³-hybridized carbons (Fsp3) is 0.947. The van der Waals surface area contributed by atoms with E-state index < -0.39 is 0 Å². The summed E-state index contributed by atoms with van der Waals surface area (Å²) in [4.78, 5) is 7.32. The number of ether oxygens (including phenoxy) is 1. The van der Waals surface area contributed by atoms with Gasteiger partial charge in [-0.25, -0.2) is 0 Å². The van der Waals surface area contributed by atoms with Crippen molar-refractivity contribution in [3.63, 3.8) is 0 Å². The van der Waals surface area contributed by atoms with Crippen LogP contribution in [-0.4, -0.2) is 64.3 Å². The molecule has 1 saturated heterocycles. The summed E-state index contributed by atoms with van der Waals surface area (Å²) in [5, 5.41) is 6.95. The van der Waals surface area contributed by atoms with E-state index in [9.17, 15) is 0 Å². The first-order valence-corrected chi connectivity index (χ1v) is 9.87. The second-order valence-corrected chi connectivity index (χ2v) is 7.75.